The summed E-state index contributed by atoms with van der Waals surface area (Å²) in [6.45, 7) is 10.5. The Labute approximate surface area is 111 Å². The summed E-state index contributed by atoms with van der Waals surface area (Å²) in [4.78, 5) is 0. The standard InChI is InChI=1S/C16H26O2/c1-10(2)14-8-13(7-12(5)17)9-15(11(3)4)16(14)18-6/h8-12,17H,7H2,1-6H3. The smallest absolute Gasteiger partial charge is 0.125 e. The SMILES string of the molecule is COc1c(C(C)C)cc(CC(C)O)cc1C(C)C. The van der Waals surface area contributed by atoms with Crippen molar-refractivity contribution < 1.29 is 9.84 Å². The van der Waals surface area contributed by atoms with Crippen LogP contribution < -0.4 is 4.74 Å². The van der Waals surface area contributed by atoms with E-state index >= 15 is 0 Å². The first-order valence-corrected chi connectivity index (χ1v) is 6.75. The van der Waals surface area contributed by atoms with Gasteiger partial charge in [0.2, 0.25) is 0 Å². The highest BCUT2D eigenvalue weighted by molar-refractivity contribution is 5.48. The van der Waals surface area contributed by atoms with Crippen LogP contribution in [0.15, 0.2) is 12.1 Å². The van der Waals surface area contributed by atoms with Gasteiger partial charge in [-0.2, -0.15) is 0 Å². The van der Waals surface area contributed by atoms with Gasteiger partial charge in [0.1, 0.15) is 5.75 Å². The summed E-state index contributed by atoms with van der Waals surface area (Å²) >= 11 is 0. The first-order valence-electron chi connectivity index (χ1n) is 6.75. The van der Waals surface area contributed by atoms with Crippen LogP contribution in [0.4, 0.5) is 0 Å². The van der Waals surface area contributed by atoms with Crippen molar-refractivity contribution in [3.63, 3.8) is 0 Å². The quantitative estimate of drug-likeness (QED) is 0.859. The van der Waals surface area contributed by atoms with Crippen molar-refractivity contribution in [1.29, 1.82) is 0 Å². The van der Waals surface area contributed by atoms with E-state index in [0.29, 0.717) is 18.3 Å². The number of methoxy groups -OCH3 is 1. The van der Waals surface area contributed by atoms with Crippen molar-refractivity contribution in [2.75, 3.05) is 7.11 Å². The second kappa shape index (κ2) is 6.24. The third-order valence-electron chi connectivity index (χ3n) is 3.19. The molecule has 0 amide bonds. The minimum Gasteiger partial charge on any atom is -0.496 e. The fraction of sp³-hybridized carbons (Fsp3) is 0.625. The zero-order chi connectivity index (χ0) is 13.9. The van der Waals surface area contributed by atoms with Crippen molar-refractivity contribution in [3.05, 3.63) is 28.8 Å². The second-order valence-electron chi connectivity index (χ2n) is 5.67. The molecule has 1 unspecified atom stereocenters. The van der Waals surface area contributed by atoms with Gasteiger partial charge >= 0.3 is 0 Å². The van der Waals surface area contributed by atoms with Crippen molar-refractivity contribution in [1.82, 2.24) is 0 Å². The van der Waals surface area contributed by atoms with Crippen LogP contribution in [-0.4, -0.2) is 18.3 Å². The van der Waals surface area contributed by atoms with Crippen LogP contribution >= 0.6 is 0 Å². The molecule has 0 saturated heterocycles. The Bertz CT molecular complexity index is 363. The van der Waals surface area contributed by atoms with Gasteiger partial charge in [-0.3, -0.25) is 0 Å². The Hall–Kier alpha value is -1.02. The van der Waals surface area contributed by atoms with E-state index in [1.165, 1.54) is 16.7 Å². The van der Waals surface area contributed by atoms with E-state index in [1.807, 2.05) is 6.92 Å². The molecule has 1 aromatic carbocycles. The third kappa shape index (κ3) is 3.49. The van der Waals surface area contributed by atoms with E-state index in [2.05, 4.69) is 39.8 Å². The Morgan fingerprint density at radius 1 is 1.00 bits per heavy atom. The van der Waals surface area contributed by atoms with Crippen LogP contribution in [0.5, 0.6) is 5.75 Å². The molecule has 0 radical (unpaired) electrons. The predicted molar refractivity (Wildman–Crippen MR) is 76.6 cm³/mol. The molecule has 2 nitrogen and oxygen atoms in total. The molecule has 0 bridgehead atoms. The maximum atomic E-state index is 9.56. The topological polar surface area (TPSA) is 29.5 Å². The van der Waals surface area contributed by atoms with Crippen molar-refractivity contribution in [3.8, 4) is 5.75 Å². The number of aliphatic hydroxyl groups is 1. The first-order chi connectivity index (χ1) is 8.36. The van der Waals surface area contributed by atoms with Gasteiger partial charge in [0.25, 0.3) is 0 Å². The molecule has 0 fully saturated rings. The molecular weight excluding hydrogens is 224 g/mol. The third-order valence-corrected chi connectivity index (χ3v) is 3.19. The highest BCUT2D eigenvalue weighted by atomic mass is 16.5. The molecule has 0 aliphatic carbocycles. The lowest BCUT2D eigenvalue weighted by Crippen LogP contribution is -2.08. The van der Waals surface area contributed by atoms with E-state index < -0.39 is 0 Å². The van der Waals surface area contributed by atoms with E-state index in [9.17, 15) is 5.11 Å². The van der Waals surface area contributed by atoms with Gasteiger partial charge in [0, 0.05) is 0 Å². The first kappa shape index (κ1) is 15.0. The molecule has 18 heavy (non-hydrogen) atoms. The lowest BCUT2D eigenvalue weighted by molar-refractivity contribution is 0.195. The van der Waals surface area contributed by atoms with Gasteiger partial charge in [0.05, 0.1) is 13.2 Å². The summed E-state index contributed by atoms with van der Waals surface area (Å²) in [5.41, 5.74) is 3.66. The molecule has 0 aliphatic heterocycles. The van der Waals surface area contributed by atoms with Gasteiger partial charge in [0.15, 0.2) is 0 Å². The molecular formula is C16H26O2. The van der Waals surface area contributed by atoms with Gasteiger partial charge in [-0.15, -0.1) is 0 Å². The van der Waals surface area contributed by atoms with Crippen LogP contribution in [0.3, 0.4) is 0 Å². The summed E-state index contributed by atoms with van der Waals surface area (Å²) in [5, 5.41) is 9.56. The number of hydrogen-bond donors (Lipinski definition) is 1. The molecule has 0 saturated carbocycles. The zero-order valence-corrected chi connectivity index (χ0v) is 12.4. The Morgan fingerprint density at radius 2 is 1.44 bits per heavy atom. The summed E-state index contributed by atoms with van der Waals surface area (Å²) < 4.78 is 5.60. The number of ether oxygens (including phenoxy) is 1. The van der Waals surface area contributed by atoms with Crippen LogP contribution in [0.2, 0.25) is 0 Å². The fourth-order valence-electron chi connectivity index (χ4n) is 2.29. The van der Waals surface area contributed by atoms with Gasteiger partial charge in [-0.25, -0.2) is 0 Å². The van der Waals surface area contributed by atoms with Crippen LogP contribution in [0.25, 0.3) is 0 Å². The van der Waals surface area contributed by atoms with Crippen molar-refractivity contribution in [2.45, 2.75) is 59.0 Å². The minimum absolute atomic E-state index is 0.307. The van der Waals surface area contributed by atoms with E-state index in [0.717, 1.165) is 5.75 Å². The van der Waals surface area contributed by atoms with Gasteiger partial charge in [-0.1, -0.05) is 39.8 Å². The molecule has 0 spiro atoms. The molecule has 0 heterocycles. The molecule has 102 valence electrons. The Morgan fingerprint density at radius 3 is 1.72 bits per heavy atom. The maximum Gasteiger partial charge on any atom is 0.125 e. The van der Waals surface area contributed by atoms with Crippen LogP contribution in [0, 0.1) is 0 Å². The number of aliphatic hydroxyl groups excluding tert-OH is 1. The van der Waals surface area contributed by atoms with Gasteiger partial charge in [-0.05, 0) is 41.9 Å². The molecule has 2 heteroatoms. The summed E-state index contributed by atoms with van der Waals surface area (Å²) in [6.07, 6.45) is 0.391. The zero-order valence-electron chi connectivity index (χ0n) is 12.4. The minimum atomic E-state index is -0.307. The van der Waals surface area contributed by atoms with E-state index in [1.54, 1.807) is 7.11 Å². The second-order valence-corrected chi connectivity index (χ2v) is 5.67. The Balaban J connectivity index is 3.34. The number of rotatable bonds is 5. The van der Waals surface area contributed by atoms with Crippen molar-refractivity contribution in [2.24, 2.45) is 0 Å². The highest BCUT2D eigenvalue weighted by Gasteiger charge is 2.16. The monoisotopic (exact) mass is 250 g/mol. The van der Waals surface area contributed by atoms with E-state index in [4.69, 9.17) is 4.74 Å². The number of hydrogen-bond acceptors (Lipinski definition) is 2. The molecule has 1 N–H and O–H groups in total. The van der Waals surface area contributed by atoms with E-state index in [-0.39, 0.29) is 6.10 Å². The molecule has 1 rings (SSSR count). The number of benzene rings is 1. The molecule has 1 aromatic rings. The largest absolute Gasteiger partial charge is 0.496 e. The lowest BCUT2D eigenvalue weighted by Gasteiger charge is -2.20. The summed E-state index contributed by atoms with van der Waals surface area (Å²) in [7, 11) is 1.74. The maximum absolute atomic E-state index is 9.56. The lowest BCUT2D eigenvalue weighted by atomic mass is 9.90. The summed E-state index contributed by atoms with van der Waals surface area (Å²) in [6, 6.07) is 4.34. The summed E-state index contributed by atoms with van der Waals surface area (Å²) in [5.74, 6) is 1.85. The average molecular weight is 250 g/mol. The molecule has 0 aromatic heterocycles. The normalized spacial score (nSPS) is 13.2. The highest BCUT2D eigenvalue weighted by Crippen LogP contribution is 2.35. The Kier molecular flexibility index (Phi) is 5.21. The fourth-order valence-corrected chi connectivity index (χ4v) is 2.29. The predicted octanol–water partition coefficient (Wildman–Crippen LogP) is 3.87. The van der Waals surface area contributed by atoms with Gasteiger partial charge < -0.3 is 9.84 Å². The van der Waals surface area contributed by atoms with Crippen LogP contribution in [0.1, 0.15) is 63.1 Å². The average Bonchev–Trinajstić information content (AvgIpc) is 2.26. The van der Waals surface area contributed by atoms with Crippen molar-refractivity contribution >= 4 is 0 Å². The molecule has 1 atom stereocenters. The van der Waals surface area contributed by atoms with Crippen LogP contribution in [-0.2, 0) is 6.42 Å². The molecule has 0 aliphatic rings.